The molecule has 0 fully saturated rings. The quantitative estimate of drug-likeness (QED) is 0.862. The summed E-state index contributed by atoms with van der Waals surface area (Å²) in [6, 6.07) is 5.47. The van der Waals surface area contributed by atoms with E-state index in [2.05, 4.69) is 26.6 Å². The zero-order valence-electron chi connectivity index (χ0n) is 9.81. The van der Waals surface area contributed by atoms with E-state index in [1.54, 1.807) is 23.5 Å². The van der Waals surface area contributed by atoms with Gasteiger partial charge in [-0.15, -0.1) is 11.3 Å². The highest BCUT2D eigenvalue weighted by molar-refractivity contribution is 9.11. The molecule has 0 bridgehead atoms. The van der Waals surface area contributed by atoms with Crippen LogP contribution in [-0.4, -0.2) is 18.4 Å². The minimum absolute atomic E-state index is 0.0154. The lowest BCUT2D eigenvalue weighted by Gasteiger charge is -2.05. The zero-order valence-corrected chi connectivity index (χ0v) is 13.0. The van der Waals surface area contributed by atoms with E-state index in [9.17, 15) is 9.59 Å². The van der Waals surface area contributed by atoms with Gasteiger partial charge in [0.2, 0.25) is 5.91 Å². The Kier molecular flexibility index (Phi) is 5.12. The minimum Gasteiger partial charge on any atom is -0.350 e. The van der Waals surface area contributed by atoms with E-state index in [4.69, 9.17) is 0 Å². The molecule has 0 spiro atoms. The van der Waals surface area contributed by atoms with Crippen LogP contribution in [0.25, 0.3) is 0 Å². The van der Waals surface area contributed by atoms with Crippen LogP contribution in [0.3, 0.4) is 0 Å². The monoisotopic (exact) mass is 358 g/mol. The molecule has 0 radical (unpaired) electrons. The smallest absolute Gasteiger partial charge is 0.261 e. The lowest BCUT2D eigenvalue weighted by atomic mass is 10.3. The molecule has 0 saturated carbocycles. The van der Waals surface area contributed by atoms with Crippen molar-refractivity contribution in [3.05, 3.63) is 43.2 Å². The molecule has 4 nitrogen and oxygen atoms in total. The Labute approximate surface area is 127 Å². The van der Waals surface area contributed by atoms with Gasteiger partial charge in [-0.2, -0.15) is 11.3 Å². The predicted octanol–water partition coefficient (Wildman–Crippen LogP) is 2.62. The number of carbonyl (C=O) groups excluding carboxylic acids is 2. The molecule has 7 heteroatoms. The van der Waals surface area contributed by atoms with Crippen LogP contribution < -0.4 is 10.6 Å². The van der Waals surface area contributed by atoms with Gasteiger partial charge in [0.05, 0.1) is 15.2 Å². The van der Waals surface area contributed by atoms with E-state index < -0.39 is 0 Å². The standard InChI is InChI=1S/C12H11BrN2O2S2/c13-10-2-1-9(19-10)12(17)15-6-11(16)14-5-8-3-4-18-7-8/h1-4,7H,5-6H2,(H,14,16)(H,15,17). The fourth-order valence-electron chi connectivity index (χ4n) is 1.34. The van der Waals surface area contributed by atoms with E-state index >= 15 is 0 Å². The summed E-state index contributed by atoms with van der Waals surface area (Å²) in [5, 5.41) is 9.26. The largest absolute Gasteiger partial charge is 0.350 e. The lowest BCUT2D eigenvalue weighted by Crippen LogP contribution is -2.36. The molecule has 2 aromatic heterocycles. The Morgan fingerprint density at radius 3 is 2.68 bits per heavy atom. The summed E-state index contributed by atoms with van der Waals surface area (Å²) in [4.78, 5) is 23.8. The van der Waals surface area contributed by atoms with Gasteiger partial charge >= 0.3 is 0 Å². The number of carbonyl (C=O) groups is 2. The number of hydrogen-bond acceptors (Lipinski definition) is 4. The molecule has 2 rings (SSSR count). The van der Waals surface area contributed by atoms with Gasteiger partial charge in [-0.1, -0.05) is 0 Å². The summed E-state index contributed by atoms with van der Waals surface area (Å²) in [5.41, 5.74) is 1.06. The van der Waals surface area contributed by atoms with E-state index in [0.29, 0.717) is 11.4 Å². The van der Waals surface area contributed by atoms with Crippen molar-refractivity contribution in [2.24, 2.45) is 0 Å². The molecule has 0 atom stereocenters. The maximum absolute atomic E-state index is 11.7. The molecule has 0 aliphatic carbocycles. The van der Waals surface area contributed by atoms with Gasteiger partial charge in [-0.25, -0.2) is 0 Å². The third kappa shape index (κ3) is 4.45. The lowest BCUT2D eigenvalue weighted by molar-refractivity contribution is -0.120. The molecule has 2 amide bonds. The minimum atomic E-state index is -0.235. The second-order valence-corrected chi connectivity index (χ2v) is 6.94. The van der Waals surface area contributed by atoms with Gasteiger partial charge < -0.3 is 10.6 Å². The van der Waals surface area contributed by atoms with Crippen molar-refractivity contribution < 1.29 is 9.59 Å². The van der Waals surface area contributed by atoms with Gasteiger partial charge in [-0.05, 0) is 50.5 Å². The van der Waals surface area contributed by atoms with Crippen LogP contribution in [0.1, 0.15) is 15.2 Å². The molecule has 0 aromatic carbocycles. The van der Waals surface area contributed by atoms with Gasteiger partial charge in [-0.3, -0.25) is 9.59 Å². The summed E-state index contributed by atoms with van der Waals surface area (Å²) in [5.74, 6) is -0.434. The average molecular weight is 359 g/mol. The van der Waals surface area contributed by atoms with E-state index in [1.165, 1.54) is 11.3 Å². The van der Waals surface area contributed by atoms with Crippen molar-refractivity contribution in [3.63, 3.8) is 0 Å². The Hall–Kier alpha value is -1.18. The van der Waals surface area contributed by atoms with Crippen LogP contribution in [0.15, 0.2) is 32.7 Å². The molecule has 2 N–H and O–H groups in total. The van der Waals surface area contributed by atoms with Crippen molar-refractivity contribution in [3.8, 4) is 0 Å². The Balaban J connectivity index is 1.73. The molecule has 0 unspecified atom stereocenters. The van der Waals surface area contributed by atoms with Crippen LogP contribution in [-0.2, 0) is 11.3 Å². The van der Waals surface area contributed by atoms with Crippen LogP contribution in [0.2, 0.25) is 0 Å². The summed E-state index contributed by atoms with van der Waals surface area (Å²) < 4.78 is 0.888. The number of halogens is 1. The molecule has 0 saturated heterocycles. The SMILES string of the molecule is O=C(CNC(=O)c1ccc(Br)s1)NCc1ccsc1. The van der Waals surface area contributed by atoms with E-state index in [0.717, 1.165) is 9.35 Å². The van der Waals surface area contributed by atoms with Gasteiger partial charge in [0.1, 0.15) is 0 Å². The second kappa shape index (κ2) is 6.83. The summed E-state index contributed by atoms with van der Waals surface area (Å²) in [6.45, 7) is 0.473. The van der Waals surface area contributed by atoms with Crippen LogP contribution >= 0.6 is 38.6 Å². The number of hydrogen-bond donors (Lipinski definition) is 2. The highest BCUT2D eigenvalue weighted by atomic mass is 79.9. The Bertz CT molecular complexity index is 566. The topological polar surface area (TPSA) is 58.2 Å². The average Bonchev–Trinajstić information content (AvgIpc) is 3.04. The summed E-state index contributed by atoms with van der Waals surface area (Å²) in [7, 11) is 0. The maximum Gasteiger partial charge on any atom is 0.261 e. The molecule has 19 heavy (non-hydrogen) atoms. The third-order valence-electron chi connectivity index (χ3n) is 2.28. The van der Waals surface area contributed by atoms with Gasteiger partial charge in [0, 0.05) is 6.54 Å². The molecule has 0 aliphatic rings. The molecule has 100 valence electrons. The maximum atomic E-state index is 11.7. The fourth-order valence-corrected chi connectivity index (χ4v) is 3.31. The van der Waals surface area contributed by atoms with Crippen LogP contribution in [0.5, 0.6) is 0 Å². The van der Waals surface area contributed by atoms with Crippen molar-refractivity contribution in [2.45, 2.75) is 6.54 Å². The van der Waals surface area contributed by atoms with Crippen LogP contribution in [0.4, 0.5) is 0 Å². The van der Waals surface area contributed by atoms with Crippen molar-refractivity contribution >= 4 is 50.4 Å². The van der Waals surface area contributed by atoms with Gasteiger partial charge in [0.15, 0.2) is 0 Å². The van der Waals surface area contributed by atoms with Gasteiger partial charge in [0.25, 0.3) is 5.91 Å². The Morgan fingerprint density at radius 1 is 1.21 bits per heavy atom. The summed E-state index contributed by atoms with van der Waals surface area (Å²) in [6.07, 6.45) is 0. The summed E-state index contributed by atoms with van der Waals surface area (Å²) >= 11 is 6.21. The van der Waals surface area contributed by atoms with Crippen LogP contribution in [0, 0.1) is 0 Å². The second-order valence-electron chi connectivity index (χ2n) is 3.69. The predicted molar refractivity (Wildman–Crippen MR) is 80.5 cm³/mol. The Morgan fingerprint density at radius 2 is 2.05 bits per heavy atom. The van der Waals surface area contributed by atoms with Crippen molar-refractivity contribution in [1.82, 2.24) is 10.6 Å². The number of nitrogens with one attached hydrogen (secondary N) is 2. The first-order valence-corrected chi connectivity index (χ1v) is 8.01. The normalized spacial score (nSPS) is 10.2. The number of amides is 2. The molecular formula is C12H11BrN2O2S2. The highest BCUT2D eigenvalue weighted by Gasteiger charge is 2.09. The first-order chi connectivity index (χ1) is 9.15. The zero-order chi connectivity index (χ0) is 13.7. The third-order valence-corrected chi connectivity index (χ3v) is 4.63. The fraction of sp³-hybridized carbons (Fsp3) is 0.167. The first kappa shape index (κ1) is 14.2. The van der Waals surface area contributed by atoms with Crippen molar-refractivity contribution in [1.29, 1.82) is 0 Å². The molecule has 2 aromatic rings. The first-order valence-electron chi connectivity index (χ1n) is 5.46. The number of rotatable bonds is 5. The molecule has 2 heterocycles. The molecular weight excluding hydrogens is 348 g/mol. The van der Waals surface area contributed by atoms with E-state index in [-0.39, 0.29) is 18.4 Å². The molecule has 0 aliphatic heterocycles. The number of thiophene rings is 2. The van der Waals surface area contributed by atoms with E-state index in [1.807, 2.05) is 16.8 Å². The highest BCUT2D eigenvalue weighted by Crippen LogP contribution is 2.21. The van der Waals surface area contributed by atoms with Crippen molar-refractivity contribution in [2.75, 3.05) is 6.54 Å².